The van der Waals surface area contributed by atoms with Crippen molar-refractivity contribution in [3.63, 3.8) is 0 Å². The van der Waals surface area contributed by atoms with Gasteiger partial charge in [0.15, 0.2) is 6.04 Å². The van der Waals surface area contributed by atoms with E-state index in [0.717, 1.165) is 19.3 Å². The van der Waals surface area contributed by atoms with Crippen molar-refractivity contribution in [2.45, 2.75) is 31.7 Å². The number of amides is 2. The molecular formula is C17H22N2O5. The summed E-state index contributed by atoms with van der Waals surface area (Å²) in [7, 11) is 1.52. The van der Waals surface area contributed by atoms with Crippen LogP contribution >= 0.6 is 0 Å². The Balaban J connectivity index is 2.02. The number of carboxylic acids is 1. The Morgan fingerprint density at radius 1 is 1.25 bits per heavy atom. The highest BCUT2D eigenvalue weighted by molar-refractivity contribution is 5.88. The maximum absolute atomic E-state index is 12.2. The Morgan fingerprint density at radius 2 is 1.96 bits per heavy atom. The first kappa shape index (κ1) is 17.8. The summed E-state index contributed by atoms with van der Waals surface area (Å²) in [5.74, 6) is -1.09. The Labute approximate surface area is 140 Å². The van der Waals surface area contributed by atoms with Crippen LogP contribution in [0.4, 0.5) is 0 Å². The second kappa shape index (κ2) is 8.33. The zero-order valence-corrected chi connectivity index (χ0v) is 13.7. The van der Waals surface area contributed by atoms with E-state index in [1.54, 1.807) is 24.3 Å². The van der Waals surface area contributed by atoms with Gasteiger partial charge in [0.2, 0.25) is 11.8 Å². The third-order valence-electron chi connectivity index (χ3n) is 4.01. The van der Waals surface area contributed by atoms with Crippen LogP contribution in [0.5, 0.6) is 5.75 Å². The predicted molar refractivity (Wildman–Crippen MR) is 86.6 cm³/mol. The quantitative estimate of drug-likeness (QED) is 0.818. The minimum Gasteiger partial charge on any atom is -0.497 e. The molecule has 1 aliphatic rings. The highest BCUT2D eigenvalue weighted by Crippen LogP contribution is 2.18. The number of ether oxygens (including phenoxy) is 1. The molecule has 2 rings (SSSR count). The molecule has 1 unspecified atom stereocenters. The van der Waals surface area contributed by atoms with Crippen LogP contribution in [0.15, 0.2) is 24.3 Å². The van der Waals surface area contributed by atoms with E-state index in [4.69, 9.17) is 4.74 Å². The van der Waals surface area contributed by atoms with E-state index in [1.807, 2.05) is 0 Å². The maximum Gasteiger partial charge on any atom is 0.330 e. The third-order valence-corrected chi connectivity index (χ3v) is 4.01. The highest BCUT2D eigenvalue weighted by atomic mass is 16.5. The molecule has 2 N–H and O–H groups in total. The van der Waals surface area contributed by atoms with Crippen LogP contribution in [0.3, 0.4) is 0 Å². The SMILES string of the molecule is COc1ccc(C(NC(=O)CN2CCCCCC2=O)C(=O)O)cc1. The molecule has 0 saturated carbocycles. The Morgan fingerprint density at radius 3 is 2.58 bits per heavy atom. The van der Waals surface area contributed by atoms with E-state index in [9.17, 15) is 19.5 Å². The van der Waals surface area contributed by atoms with E-state index in [2.05, 4.69) is 5.32 Å². The van der Waals surface area contributed by atoms with Crippen LogP contribution in [0.2, 0.25) is 0 Å². The van der Waals surface area contributed by atoms with Gasteiger partial charge in [0.1, 0.15) is 5.75 Å². The van der Waals surface area contributed by atoms with Crippen LogP contribution in [0.1, 0.15) is 37.3 Å². The predicted octanol–water partition coefficient (Wildman–Crippen LogP) is 1.34. The molecule has 130 valence electrons. The fraction of sp³-hybridized carbons (Fsp3) is 0.471. The Hall–Kier alpha value is -2.57. The summed E-state index contributed by atoms with van der Waals surface area (Å²) in [6.45, 7) is 0.422. The van der Waals surface area contributed by atoms with Crippen LogP contribution in [0, 0.1) is 0 Å². The summed E-state index contributed by atoms with van der Waals surface area (Å²) in [6, 6.07) is 5.29. The average molecular weight is 334 g/mol. The lowest BCUT2D eigenvalue weighted by molar-refractivity contribution is -0.142. The van der Waals surface area contributed by atoms with Gasteiger partial charge in [0.25, 0.3) is 0 Å². The first-order valence-electron chi connectivity index (χ1n) is 7.95. The summed E-state index contributed by atoms with van der Waals surface area (Å²) >= 11 is 0. The van der Waals surface area contributed by atoms with Crippen molar-refractivity contribution in [2.24, 2.45) is 0 Å². The Bertz CT molecular complexity index is 600. The minimum absolute atomic E-state index is 0.0565. The van der Waals surface area contributed by atoms with Crippen LogP contribution < -0.4 is 10.1 Å². The molecule has 1 atom stereocenters. The number of carbonyl (C=O) groups excluding carboxylic acids is 2. The number of hydrogen-bond donors (Lipinski definition) is 2. The van der Waals surface area contributed by atoms with Crippen LogP contribution in [-0.4, -0.2) is 48.0 Å². The van der Waals surface area contributed by atoms with Crippen molar-refractivity contribution in [1.29, 1.82) is 0 Å². The molecule has 1 heterocycles. The summed E-state index contributed by atoms with van der Waals surface area (Å²) in [4.78, 5) is 37.1. The largest absolute Gasteiger partial charge is 0.497 e. The molecule has 0 aromatic heterocycles. The van der Waals surface area contributed by atoms with Crippen molar-refractivity contribution in [3.05, 3.63) is 29.8 Å². The fourth-order valence-corrected chi connectivity index (χ4v) is 2.67. The summed E-state index contributed by atoms with van der Waals surface area (Å²) in [6.07, 6.45) is 3.10. The van der Waals surface area contributed by atoms with Crippen molar-refractivity contribution >= 4 is 17.8 Å². The molecule has 0 spiro atoms. The second-order valence-corrected chi connectivity index (χ2v) is 5.74. The molecule has 24 heavy (non-hydrogen) atoms. The number of likely N-dealkylation sites (tertiary alicyclic amines) is 1. The number of aliphatic carboxylic acids is 1. The lowest BCUT2D eigenvalue weighted by Gasteiger charge is -2.22. The number of nitrogens with zero attached hydrogens (tertiary/aromatic N) is 1. The van der Waals surface area contributed by atoms with Crippen molar-refractivity contribution in [2.75, 3.05) is 20.2 Å². The molecule has 1 aromatic rings. The maximum atomic E-state index is 12.2. The molecule has 1 fully saturated rings. The summed E-state index contributed by atoms with van der Waals surface area (Å²) in [5.41, 5.74) is 0.443. The number of hydrogen-bond acceptors (Lipinski definition) is 4. The highest BCUT2D eigenvalue weighted by Gasteiger charge is 2.25. The number of benzene rings is 1. The number of rotatable bonds is 6. The zero-order valence-electron chi connectivity index (χ0n) is 13.7. The lowest BCUT2D eigenvalue weighted by Crippen LogP contribution is -2.43. The number of carbonyl (C=O) groups is 3. The van der Waals surface area contributed by atoms with Gasteiger partial charge in [-0.15, -0.1) is 0 Å². The monoisotopic (exact) mass is 334 g/mol. The molecule has 1 saturated heterocycles. The first-order chi connectivity index (χ1) is 11.5. The molecule has 0 aliphatic carbocycles. The molecule has 7 nitrogen and oxygen atoms in total. The normalized spacial score (nSPS) is 16.2. The van der Waals surface area contributed by atoms with Crippen molar-refractivity contribution < 1.29 is 24.2 Å². The average Bonchev–Trinajstić information content (AvgIpc) is 2.77. The van der Waals surface area contributed by atoms with E-state index in [-0.39, 0.29) is 12.5 Å². The van der Waals surface area contributed by atoms with E-state index in [1.165, 1.54) is 12.0 Å². The third kappa shape index (κ3) is 4.71. The van der Waals surface area contributed by atoms with E-state index in [0.29, 0.717) is 24.3 Å². The van der Waals surface area contributed by atoms with Gasteiger partial charge in [-0.05, 0) is 30.5 Å². The van der Waals surface area contributed by atoms with Crippen molar-refractivity contribution in [3.8, 4) is 5.75 Å². The molecular weight excluding hydrogens is 312 g/mol. The molecule has 7 heteroatoms. The van der Waals surface area contributed by atoms with E-state index < -0.39 is 17.9 Å². The van der Waals surface area contributed by atoms with Gasteiger partial charge in [-0.1, -0.05) is 18.6 Å². The second-order valence-electron chi connectivity index (χ2n) is 5.74. The number of carboxylic acid groups (broad SMARTS) is 1. The van der Waals surface area contributed by atoms with Gasteiger partial charge < -0.3 is 20.1 Å². The molecule has 1 aliphatic heterocycles. The van der Waals surface area contributed by atoms with Crippen LogP contribution in [-0.2, 0) is 14.4 Å². The minimum atomic E-state index is -1.16. The molecule has 0 bridgehead atoms. The standard InChI is InChI=1S/C17H22N2O5/c1-24-13-8-6-12(7-9-13)16(17(22)23)18-14(20)11-19-10-4-2-3-5-15(19)21/h6-9,16H,2-5,10-11H2,1H3,(H,18,20)(H,22,23). The Kier molecular flexibility index (Phi) is 6.17. The van der Waals surface area contributed by atoms with Gasteiger partial charge in [-0.2, -0.15) is 0 Å². The van der Waals surface area contributed by atoms with Crippen molar-refractivity contribution in [1.82, 2.24) is 10.2 Å². The van der Waals surface area contributed by atoms with Gasteiger partial charge in [-0.25, -0.2) is 4.79 Å². The molecule has 0 radical (unpaired) electrons. The number of methoxy groups -OCH3 is 1. The number of nitrogens with one attached hydrogen (secondary N) is 1. The van der Waals surface area contributed by atoms with Crippen LogP contribution in [0.25, 0.3) is 0 Å². The summed E-state index contributed by atoms with van der Waals surface area (Å²) < 4.78 is 5.04. The van der Waals surface area contributed by atoms with Gasteiger partial charge >= 0.3 is 5.97 Å². The molecule has 2 amide bonds. The fourth-order valence-electron chi connectivity index (χ4n) is 2.67. The zero-order chi connectivity index (χ0) is 17.5. The smallest absolute Gasteiger partial charge is 0.330 e. The first-order valence-corrected chi connectivity index (χ1v) is 7.95. The van der Waals surface area contributed by atoms with Gasteiger partial charge in [-0.3, -0.25) is 9.59 Å². The lowest BCUT2D eigenvalue weighted by atomic mass is 10.1. The van der Waals surface area contributed by atoms with E-state index >= 15 is 0 Å². The molecule has 1 aromatic carbocycles. The summed E-state index contributed by atoms with van der Waals surface area (Å²) in [5, 5.41) is 11.9. The topological polar surface area (TPSA) is 95.9 Å². The van der Waals surface area contributed by atoms with Gasteiger partial charge in [0, 0.05) is 13.0 Å². The van der Waals surface area contributed by atoms with Gasteiger partial charge in [0.05, 0.1) is 13.7 Å².